The second-order valence-corrected chi connectivity index (χ2v) is 16.5. The van der Waals surface area contributed by atoms with E-state index in [0.29, 0.717) is 0 Å². The Morgan fingerprint density at radius 2 is 1.09 bits per heavy atom. The first kappa shape index (κ1) is 32.3. The zero-order valence-corrected chi connectivity index (χ0v) is 32.0. The molecule has 0 radical (unpaired) electrons. The lowest BCUT2D eigenvalue weighted by Crippen LogP contribution is -2.14. The maximum Gasteiger partial charge on any atom is 0.0622 e. The summed E-state index contributed by atoms with van der Waals surface area (Å²) in [6, 6.07) is 72.6. The van der Waals surface area contributed by atoms with E-state index in [2.05, 4.69) is 213 Å². The van der Waals surface area contributed by atoms with Crippen LogP contribution in [0, 0.1) is 0 Å². The first-order valence-electron chi connectivity index (χ1n) is 20.1. The molecule has 2 aliphatic rings. The van der Waals surface area contributed by atoms with Crippen LogP contribution in [-0.2, 0) is 5.41 Å². The molecule has 0 fully saturated rings. The molecule has 12 rings (SSSR count). The predicted octanol–water partition coefficient (Wildman–Crippen LogP) is 14.7. The van der Waals surface area contributed by atoms with Gasteiger partial charge in [0, 0.05) is 33.4 Å². The van der Waals surface area contributed by atoms with Gasteiger partial charge in [-0.2, -0.15) is 0 Å². The van der Waals surface area contributed by atoms with Gasteiger partial charge in [-0.3, -0.25) is 0 Å². The fourth-order valence-corrected chi connectivity index (χ4v) is 10.3. The van der Waals surface area contributed by atoms with Crippen molar-refractivity contribution in [2.45, 2.75) is 25.2 Å². The lowest BCUT2D eigenvalue weighted by molar-refractivity contribution is 0.661. The monoisotopic (exact) mass is 725 g/mol. The molecule has 2 aliphatic carbocycles. The van der Waals surface area contributed by atoms with Crippen molar-refractivity contribution in [3.63, 3.8) is 0 Å². The van der Waals surface area contributed by atoms with Gasteiger partial charge in [0.1, 0.15) is 0 Å². The third-order valence-electron chi connectivity index (χ3n) is 13.1. The normalized spacial score (nSPS) is 14.8. The molecule has 0 amide bonds. The van der Waals surface area contributed by atoms with Crippen molar-refractivity contribution in [3.05, 3.63) is 222 Å². The molecule has 1 unspecified atom stereocenters. The van der Waals surface area contributed by atoms with Crippen LogP contribution in [0.2, 0.25) is 0 Å². The summed E-state index contributed by atoms with van der Waals surface area (Å²) < 4.78 is 2.53. The molecule has 1 heteroatoms. The van der Waals surface area contributed by atoms with Crippen molar-refractivity contribution < 1.29 is 0 Å². The van der Waals surface area contributed by atoms with Crippen molar-refractivity contribution in [3.8, 4) is 50.2 Å². The van der Waals surface area contributed by atoms with Crippen LogP contribution in [0.5, 0.6) is 0 Å². The molecule has 1 aromatic heterocycles. The Labute approximate surface area is 333 Å². The van der Waals surface area contributed by atoms with E-state index in [1.165, 1.54) is 111 Å². The van der Waals surface area contributed by atoms with Crippen LogP contribution in [0.15, 0.2) is 194 Å². The van der Waals surface area contributed by atoms with Crippen LogP contribution in [0.25, 0.3) is 82.8 Å². The third-order valence-corrected chi connectivity index (χ3v) is 13.1. The molecule has 9 aromatic carbocycles. The Hall–Kier alpha value is -6.96. The summed E-state index contributed by atoms with van der Waals surface area (Å²) >= 11 is 0. The Balaban J connectivity index is 1.04. The molecule has 57 heavy (non-hydrogen) atoms. The topological polar surface area (TPSA) is 4.93 Å². The quantitative estimate of drug-likeness (QED) is 0.170. The maximum atomic E-state index is 2.53. The second kappa shape index (κ2) is 12.0. The highest BCUT2D eigenvalue weighted by atomic mass is 15.0. The first-order chi connectivity index (χ1) is 28.0. The van der Waals surface area contributed by atoms with Gasteiger partial charge in [-0.25, -0.2) is 0 Å². The number of hydrogen-bond donors (Lipinski definition) is 0. The van der Waals surface area contributed by atoms with E-state index in [4.69, 9.17) is 0 Å². The number of fused-ring (bicyclic) bond motifs is 11. The summed E-state index contributed by atoms with van der Waals surface area (Å²) in [5, 5.41) is 5.07. The first-order valence-corrected chi connectivity index (χ1v) is 20.1. The minimum atomic E-state index is -0.0849. The minimum Gasteiger partial charge on any atom is -0.309 e. The Bertz CT molecular complexity index is 3250. The molecule has 10 aromatic rings. The van der Waals surface area contributed by atoms with Gasteiger partial charge in [-0.15, -0.1) is 0 Å². The second-order valence-electron chi connectivity index (χ2n) is 16.5. The van der Waals surface area contributed by atoms with Gasteiger partial charge in [0.25, 0.3) is 0 Å². The molecule has 0 aliphatic heterocycles. The van der Waals surface area contributed by atoms with E-state index < -0.39 is 0 Å². The number of benzene rings is 9. The third kappa shape index (κ3) is 4.69. The van der Waals surface area contributed by atoms with E-state index in [-0.39, 0.29) is 11.3 Å². The van der Waals surface area contributed by atoms with Gasteiger partial charge < -0.3 is 4.57 Å². The highest BCUT2D eigenvalue weighted by molar-refractivity contribution is 6.16. The van der Waals surface area contributed by atoms with Gasteiger partial charge in [0.15, 0.2) is 0 Å². The summed E-state index contributed by atoms with van der Waals surface area (Å²) in [5.41, 5.74) is 20.8. The van der Waals surface area contributed by atoms with Crippen molar-refractivity contribution in [1.29, 1.82) is 0 Å². The van der Waals surface area contributed by atoms with Crippen molar-refractivity contribution in [2.24, 2.45) is 0 Å². The van der Waals surface area contributed by atoms with E-state index in [9.17, 15) is 0 Å². The SMILES string of the molecule is CC1(C)c2ccccc2-c2c1ccc1c3cc(-c4ccc5c(c4)-c4ccccc4C5c4ccc(-c5ccccc5)cc4)ccc3n(-c3ccc4ccccc4c3)c21. The molecule has 0 saturated heterocycles. The summed E-state index contributed by atoms with van der Waals surface area (Å²) in [4.78, 5) is 0. The number of rotatable bonds is 4. The smallest absolute Gasteiger partial charge is 0.0622 e. The largest absolute Gasteiger partial charge is 0.309 e. The lowest BCUT2D eigenvalue weighted by Gasteiger charge is -2.21. The average molecular weight is 726 g/mol. The van der Waals surface area contributed by atoms with E-state index >= 15 is 0 Å². The molecule has 1 nitrogen and oxygen atoms in total. The predicted molar refractivity (Wildman–Crippen MR) is 240 cm³/mol. The fourth-order valence-electron chi connectivity index (χ4n) is 10.3. The van der Waals surface area contributed by atoms with Crippen molar-refractivity contribution in [2.75, 3.05) is 0 Å². The molecule has 1 heterocycles. The molecule has 268 valence electrons. The summed E-state index contributed by atoms with van der Waals surface area (Å²) in [7, 11) is 0. The number of hydrogen-bond acceptors (Lipinski definition) is 0. The van der Waals surface area contributed by atoms with Crippen LogP contribution >= 0.6 is 0 Å². The van der Waals surface area contributed by atoms with E-state index in [0.717, 1.165) is 0 Å². The van der Waals surface area contributed by atoms with Crippen LogP contribution < -0.4 is 0 Å². The Morgan fingerprint density at radius 3 is 1.95 bits per heavy atom. The number of aromatic nitrogens is 1. The summed E-state index contributed by atoms with van der Waals surface area (Å²) in [6.45, 7) is 4.75. The average Bonchev–Trinajstić information content (AvgIpc) is 3.86. The molecule has 1 atom stereocenters. The molecular weight excluding hydrogens is 687 g/mol. The molecule has 0 spiro atoms. The number of nitrogens with zero attached hydrogens (tertiary/aromatic N) is 1. The lowest BCUT2D eigenvalue weighted by atomic mass is 9.82. The van der Waals surface area contributed by atoms with Crippen LogP contribution in [0.4, 0.5) is 0 Å². The molecule has 0 saturated carbocycles. The Kier molecular flexibility index (Phi) is 6.81. The van der Waals surface area contributed by atoms with Crippen LogP contribution in [0.3, 0.4) is 0 Å². The van der Waals surface area contributed by atoms with Gasteiger partial charge in [-0.05, 0) is 108 Å². The van der Waals surface area contributed by atoms with Gasteiger partial charge in [0.05, 0.1) is 11.0 Å². The van der Waals surface area contributed by atoms with Gasteiger partial charge in [0.2, 0.25) is 0 Å². The van der Waals surface area contributed by atoms with Crippen molar-refractivity contribution >= 4 is 32.6 Å². The zero-order chi connectivity index (χ0) is 37.8. The summed E-state index contributed by atoms with van der Waals surface area (Å²) in [6.07, 6.45) is 0. The minimum absolute atomic E-state index is 0.0849. The van der Waals surface area contributed by atoms with E-state index in [1.54, 1.807) is 0 Å². The molecular formula is C56H39N. The van der Waals surface area contributed by atoms with Gasteiger partial charge in [-0.1, -0.05) is 178 Å². The fraction of sp³-hybridized carbons (Fsp3) is 0.0714. The van der Waals surface area contributed by atoms with Crippen molar-refractivity contribution in [1.82, 2.24) is 4.57 Å². The Morgan fingerprint density at radius 1 is 0.421 bits per heavy atom. The zero-order valence-electron chi connectivity index (χ0n) is 32.0. The maximum absolute atomic E-state index is 2.53. The summed E-state index contributed by atoms with van der Waals surface area (Å²) in [5.74, 6) is 0.201. The van der Waals surface area contributed by atoms with E-state index in [1.807, 2.05) is 0 Å². The highest BCUT2D eigenvalue weighted by Gasteiger charge is 2.37. The van der Waals surface area contributed by atoms with Crippen LogP contribution in [0.1, 0.15) is 47.6 Å². The van der Waals surface area contributed by atoms with Crippen LogP contribution in [-0.4, -0.2) is 4.57 Å². The molecule has 0 bridgehead atoms. The molecule has 0 N–H and O–H groups in total. The highest BCUT2D eigenvalue weighted by Crippen LogP contribution is 2.54. The van der Waals surface area contributed by atoms with Gasteiger partial charge >= 0.3 is 0 Å². The standard InChI is InChI=1S/C56H39N/c1-56(2)50-19-11-10-18-47(50)54-51(56)30-29-46-49-34-41(26-31-52(49)57(55(46)54)42-27-24-36-14-6-7-15-39(36)32-42)40-25-28-45-48(33-40)43-16-8-9-17-44(43)53(45)38-22-20-37(21-23-38)35-12-4-3-5-13-35/h3-34,53H,1-2H3.